The zero-order valence-electron chi connectivity index (χ0n) is 22.6. The normalized spacial score (nSPS) is 14.4. The summed E-state index contributed by atoms with van der Waals surface area (Å²) >= 11 is 0. The maximum absolute atomic E-state index is 3.70. The molecule has 0 atom stereocenters. The minimum atomic E-state index is -1.62. The van der Waals surface area contributed by atoms with Crippen LogP contribution in [0.4, 0.5) is 0 Å². The molecular weight excluding hydrogens is 459 g/mol. The number of hydrogen-bond donors (Lipinski definition) is 0. The Balaban J connectivity index is 1.85. The van der Waals surface area contributed by atoms with Gasteiger partial charge in [-0.3, -0.25) is 0 Å². The molecule has 0 radical (unpaired) electrons. The molecule has 0 N–H and O–H groups in total. The van der Waals surface area contributed by atoms with Gasteiger partial charge in [0.15, 0.2) is 0 Å². The predicted octanol–water partition coefficient (Wildman–Crippen LogP) is 7.78. The Morgan fingerprint density at radius 2 is 0.947 bits per heavy atom. The van der Waals surface area contributed by atoms with E-state index in [1.54, 1.807) is 0 Å². The largest absolute Gasteiger partial charge is 0.810 e. The van der Waals surface area contributed by atoms with E-state index in [0.717, 1.165) is 0 Å². The minimum absolute atomic E-state index is 1.17. The zero-order valence-corrected chi connectivity index (χ0v) is 22.6. The molecule has 0 unspecified atom stereocenters. The highest BCUT2D eigenvalue weighted by Crippen LogP contribution is 2.51. The Labute approximate surface area is 226 Å². The summed E-state index contributed by atoms with van der Waals surface area (Å²) in [5.74, 6) is 1.17. The Bertz CT molecular complexity index is 1570. The van der Waals surface area contributed by atoms with Crippen LogP contribution in [0.1, 0.15) is 33.4 Å². The third-order valence-corrected chi connectivity index (χ3v) is 8.23. The molecular formula is C36H33BO. The van der Waals surface area contributed by atoms with Crippen LogP contribution in [0.25, 0.3) is 11.0 Å². The van der Waals surface area contributed by atoms with Gasteiger partial charge in [-0.1, -0.05) is 143 Å². The second-order valence-electron chi connectivity index (χ2n) is 10.7. The third-order valence-electron chi connectivity index (χ3n) is 8.23. The van der Waals surface area contributed by atoms with E-state index >= 15 is 0 Å². The molecule has 0 saturated carbocycles. The van der Waals surface area contributed by atoms with Gasteiger partial charge >= 0.3 is 6.35 Å². The maximum Gasteiger partial charge on any atom is 0.415 e. The van der Waals surface area contributed by atoms with Gasteiger partial charge in [0.25, 0.3) is 0 Å². The summed E-state index contributed by atoms with van der Waals surface area (Å²) in [6.07, 6.45) is -1.62. The zero-order chi connectivity index (χ0) is 26.3. The van der Waals surface area contributed by atoms with E-state index in [2.05, 4.69) is 160 Å². The van der Waals surface area contributed by atoms with Gasteiger partial charge in [0.2, 0.25) is 5.75 Å². The second-order valence-corrected chi connectivity index (χ2v) is 10.7. The van der Waals surface area contributed by atoms with E-state index < -0.39 is 6.35 Å². The topological polar surface area (TPSA) is 2.70 Å². The average molecular weight is 492 g/mol. The number of rotatable bonds is 4. The molecule has 0 spiro atoms. The van der Waals surface area contributed by atoms with Crippen LogP contribution < -0.4 is 10.9 Å². The maximum atomic E-state index is 3.70. The molecule has 5 aromatic rings. The summed E-state index contributed by atoms with van der Waals surface area (Å²) in [5, 5.41) is 0. The van der Waals surface area contributed by atoms with Crippen molar-refractivity contribution < 1.29 is 4.28 Å². The lowest BCUT2D eigenvalue weighted by molar-refractivity contribution is 0.173. The smallest absolute Gasteiger partial charge is 0.415 e. The van der Waals surface area contributed by atoms with Gasteiger partial charge in [0.1, 0.15) is 7.11 Å². The van der Waals surface area contributed by atoms with E-state index in [0.29, 0.717) is 0 Å². The van der Waals surface area contributed by atoms with Crippen molar-refractivity contribution in [2.75, 3.05) is 7.11 Å². The van der Waals surface area contributed by atoms with Gasteiger partial charge in [-0.2, -0.15) is 0 Å². The Hall–Kier alpha value is -4.30. The molecule has 0 saturated heterocycles. The summed E-state index contributed by atoms with van der Waals surface area (Å²) in [7, 11) is 2.20. The van der Waals surface area contributed by atoms with Crippen molar-refractivity contribution in [1.29, 1.82) is 0 Å². The standard InChI is InChI=1S/C36H33BO/c1-26-14-20-30(21-15-26)36-35(29-10-6-5-7-11-29)33-12-8-9-13-34(33)38(4)37(36,31-22-16-27(2)17-23-31)32-24-18-28(3)19-25-32/h5-25H,1-4H3. The summed E-state index contributed by atoms with van der Waals surface area (Å²) in [6.45, 7) is 6.48. The van der Waals surface area contributed by atoms with Crippen molar-refractivity contribution in [2.24, 2.45) is 0 Å². The molecule has 1 nitrogen and oxygen atoms in total. The van der Waals surface area contributed by atoms with E-state index in [1.807, 2.05) is 0 Å². The summed E-state index contributed by atoms with van der Waals surface area (Å²) in [6, 6.07) is 47.1. The highest BCUT2D eigenvalue weighted by molar-refractivity contribution is 7.12. The first-order chi connectivity index (χ1) is 18.5. The Kier molecular flexibility index (Phi) is 6.04. The van der Waals surface area contributed by atoms with Gasteiger partial charge < -0.3 is 4.28 Å². The predicted molar refractivity (Wildman–Crippen MR) is 164 cm³/mol. The van der Waals surface area contributed by atoms with Crippen molar-refractivity contribution in [3.8, 4) is 5.75 Å². The molecule has 1 aliphatic heterocycles. The van der Waals surface area contributed by atoms with E-state index in [9.17, 15) is 0 Å². The van der Waals surface area contributed by atoms with Crippen molar-refractivity contribution in [3.63, 3.8) is 0 Å². The van der Waals surface area contributed by atoms with Gasteiger partial charge in [-0.25, -0.2) is 0 Å². The number of benzene rings is 5. The first-order valence-electron chi connectivity index (χ1n) is 13.4. The van der Waals surface area contributed by atoms with Crippen molar-refractivity contribution >= 4 is 28.3 Å². The summed E-state index contributed by atoms with van der Waals surface area (Å²) < 4.78 is 3.70. The number of para-hydroxylation sites is 1. The van der Waals surface area contributed by atoms with Gasteiger partial charge in [0.05, 0.1) is 5.56 Å². The molecule has 6 rings (SSSR count). The van der Waals surface area contributed by atoms with Crippen LogP contribution >= 0.6 is 0 Å². The minimum Gasteiger partial charge on any atom is -0.810 e. The van der Waals surface area contributed by atoms with E-state index in [4.69, 9.17) is 0 Å². The second kappa shape index (κ2) is 9.54. The fourth-order valence-electron chi connectivity index (χ4n) is 6.31. The van der Waals surface area contributed by atoms with Crippen LogP contribution in [0, 0.1) is 20.8 Å². The first-order valence-corrected chi connectivity index (χ1v) is 13.4. The molecule has 0 aromatic heterocycles. The monoisotopic (exact) mass is 492 g/mol. The van der Waals surface area contributed by atoms with E-state index in [1.165, 1.54) is 61.1 Å². The highest BCUT2D eigenvalue weighted by atomic mass is 16.6. The van der Waals surface area contributed by atoms with Crippen LogP contribution in [0.15, 0.2) is 127 Å². The average Bonchev–Trinajstić information content (AvgIpc) is 2.95. The molecule has 5 aromatic carbocycles. The number of hydrogen-bond acceptors (Lipinski definition) is 0. The Morgan fingerprint density at radius 1 is 0.474 bits per heavy atom. The van der Waals surface area contributed by atoms with Crippen LogP contribution in [0.3, 0.4) is 0 Å². The van der Waals surface area contributed by atoms with Crippen LogP contribution in [0.2, 0.25) is 0 Å². The molecule has 0 bridgehead atoms. The number of aryl methyl sites for hydroxylation is 3. The van der Waals surface area contributed by atoms with Gasteiger partial charge in [-0.15, -0.1) is 10.9 Å². The fraction of sp³-hybridized carbons (Fsp3) is 0.111. The first kappa shape index (κ1) is 24.1. The quantitative estimate of drug-likeness (QED) is 0.178. The van der Waals surface area contributed by atoms with Crippen molar-refractivity contribution in [2.45, 2.75) is 20.8 Å². The molecule has 38 heavy (non-hydrogen) atoms. The Morgan fingerprint density at radius 3 is 1.50 bits per heavy atom. The lowest BCUT2D eigenvalue weighted by Gasteiger charge is -2.55. The van der Waals surface area contributed by atoms with Gasteiger partial charge in [-0.05, 0) is 38.0 Å². The molecule has 186 valence electrons. The van der Waals surface area contributed by atoms with Crippen molar-refractivity contribution in [1.82, 2.24) is 0 Å². The molecule has 0 aliphatic carbocycles. The van der Waals surface area contributed by atoms with Crippen LogP contribution in [-0.2, 0) is 4.28 Å². The van der Waals surface area contributed by atoms with E-state index in [-0.39, 0.29) is 0 Å². The third kappa shape index (κ3) is 3.80. The fourth-order valence-corrected chi connectivity index (χ4v) is 6.31. The lowest BCUT2D eigenvalue weighted by Crippen LogP contribution is -2.66. The van der Waals surface area contributed by atoms with Gasteiger partial charge in [0, 0.05) is 6.07 Å². The van der Waals surface area contributed by atoms with Crippen molar-refractivity contribution in [3.05, 3.63) is 161 Å². The SMILES string of the molecule is Cc1ccc(C2=C(c3ccccc3)c3ccccc3[O+](C)[B-]2(c2ccc(C)cc2)c2ccc(C)cc2)cc1. The van der Waals surface area contributed by atoms with Crippen LogP contribution in [-0.4, -0.2) is 13.5 Å². The molecule has 1 heterocycles. The summed E-state index contributed by atoms with van der Waals surface area (Å²) in [4.78, 5) is 0. The molecule has 1 aliphatic rings. The molecule has 0 fully saturated rings. The lowest BCUT2D eigenvalue weighted by atomic mass is 9.25. The number of fused-ring (bicyclic) bond motifs is 1. The summed E-state index contributed by atoms with van der Waals surface area (Å²) in [5.41, 5.74) is 12.7. The van der Waals surface area contributed by atoms with Crippen LogP contribution in [0.5, 0.6) is 5.75 Å². The molecule has 2 heteroatoms. The highest BCUT2D eigenvalue weighted by Gasteiger charge is 2.51. The molecule has 0 amide bonds.